The van der Waals surface area contributed by atoms with Crippen LogP contribution in [0.1, 0.15) is 23.0 Å². The zero-order valence-electron chi connectivity index (χ0n) is 17.0. The SMILES string of the molecule is CCOC(=O)c1nnn(Cc2ccc(OC)cc2)c1Oc1ccc(Cl)c2ccccc12. The summed E-state index contributed by atoms with van der Waals surface area (Å²) in [5.41, 5.74) is 0.946. The number of benzene rings is 3. The van der Waals surface area contributed by atoms with Gasteiger partial charge in [-0.15, -0.1) is 5.10 Å². The summed E-state index contributed by atoms with van der Waals surface area (Å²) in [6, 6.07) is 18.6. The summed E-state index contributed by atoms with van der Waals surface area (Å²) in [4.78, 5) is 12.5. The molecule has 7 nitrogen and oxygen atoms in total. The van der Waals surface area contributed by atoms with E-state index in [-0.39, 0.29) is 18.2 Å². The van der Waals surface area contributed by atoms with Crippen LogP contribution in [0.15, 0.2) is 60.7 Å². The Bertz CT molecular complexity index is 1220. The van der Waals surface area contributed by atoms with Crippen LogP contribution in [0.25, 0.3) is 10.8 Å². The Morgan fingerprint density at radius 1 is 1.03 bits per heavy atom. The molecule has 4 rings (SSSR count). The third-order valence-electron chi connectivity index (χ3n) is 4.69. The van der Waals surface area contributed by atoms with Gasteiger partial charge in [0.05, 0.1) is 20.3 Å². The first-order valence-corrected chi connectivity index (χ1v) is 10.1. The first kappa shape index (κ1) is 20.7. The van der Waals surface area contributed by atoms with Gasteiger partial charge in [-0.2, -0.15) is 0 Å². The van der Waals surface area contributed by atoms with E-state index in [1.807, 2.05) is 48.5 Å². The van der Waals surface area contributed by atoms with E-state index >= 15 is 0 Å². The second kappa shape index (κ2) is 9.06. The minimum atomic E-state index is -0.600. The highest BCUT2D eigenvalue weighted by Gasteiger charge is 2.24. The summed E-state index contributed by atoms with van der Waals surface area (Å²) < 4.78 is 18.1. The molecule has 0 amide bonds. The van der Waals surface area contributed by atoms with Gasteiger partial charge < -0.3 is 14.2 Å². The largest absolute Gasteiger partial charge is 0.497 e. The van der Waals surface area contributed by atoms with E-state index in [0.29, 0.717) is 17.3 Å². The van der Waals surface area contributed by atoms with Crippen molar-refractivity contribution in [2.45, 2.75) is 13.5 Å². The number of carbonyl (C=O) groups is 1. The molecule has 0 unspecified atom stereocenters. The van der Waals surface area contributed by atoms with Crippen LogP contribution >= 0.6 is 11.6 Å². The number of fused-ring (bicyclic) bond motifs is 1. The first-order chi connectivity index (χ1) is 15.1. The maximum Gasteiger partial charge on any atom is 0.364 e. The summed E-state index contributed by atoms with van der Waals surface area (Å²) in [6.45, 7) is 2.29. The van der Waals surface area contributed by atoms with Crippen molar-refractivity contribution in [1.82, 2.24) is 15.0 Å². The van der Waals surface area contributed by atoms with Crippen LogP contribution in [0.4, 0.5) is 0 Å². The molecule has 0 atom stereocenters. The van der Waals surface area contributed by atoms with Gasteiger partial charge in [-0.25, -0.2) is 9.48 Å². The van der Waals surface area contributed by atoms with E-state index in [1.54, 1.807) is 26.2 Å². The van der Waals surface area contributed by atoms with Crippen LogP contribution < -0.4 is 9.47 Å². The zero-order valence-corrected chi connectivity index (χ0v) is 17.8. The highest BCUT2D eigenvalue weighted by Crippen LogP contribution is 2.35. The lowest BCUT2D eigenvalue weighted by Crippen LogP contribution is -2.09. The Hall–Kier alpha value is -3.58. The number of rotatable bonds is 7. The molecule has 0 saturated carbocycles. The zero-order chi connectivity index (χ0) is 21.8. The smallest absolute Gasteiger partial charge is 0.364 e. The van der Waals surface area contributed by atoms with E-state index in [2.05, 4.69) is 10.3 Å². The number of nitrogens with zero attached hydrogens (tertiary/aromatic N) is 3. The number of esters is 1. The van der Waals surface area contributed by atoms with Gasteiger partial charge in [0.15, 0.2) is 0 Å². The van der Waals surface area contributed by atoms with Crippen LogP contribution in [-0.2, 0) is 11.3 Å². The quantitative estimate of drug-likeness (QED) is 0.374. The average Bonchev–Trinajstić information content (AvgIpc) is 3.18. The van der Waals surface area contributed by atoms with Crippen molar-refractivity contribution in [3.05, 3.63) is 76.9 Å². The summed E-state index contributed by atoms with van der Waals surface area (Å²) in [7, 11) is 1.61. The van der Waals surface area contributed by atoms with Gasteiger partial charge in [0.1, 0.15) is 11.5 Å². The molecule has 0 aliphatic heterocycles. The number of halogens is 1. The summed E-state index contributed by atoms with van der Waals surface area (Å²) in [5.74, 6) is 0.876. The van der Waals surface area contributed by atoms with E-state index in [1.165, 1.54) is 4.68 Å². The molecule has 0 bridgehead atoms. The molecule has 4 aromatic rings. The molecule has 3 aromatic carbocycles. The van der Waals surface area contributed by atoms with Crippen LogP contribution in [0.5, 0.6) is 17.4 Å². The van der Waals surface area contributed by atoms with Crippen molar-refractivity contribution < 1.29 is 19.0 Å². The average molecular weight is 438 g/mol. The number of ether oxygens (including phenoxy) is 3. The molecular weight excluding hydrogens is 418 g/mol. The molecule has 0 N–H and O–H groups in total. The fraction of sp³-hybridized carbons (Fsp3) is 0.174. The Kier molecular flexibility index (Phi) is 6.04. The maximum atomic E-state index is 12.5. The van der Waals surface area contributed by atoms with Gasteiger partial charge in [-0.3, -0.25) is 0 Å². The predicted molar refractivity (Wildman–Crippen MR) is 117 cm³/mol. The molecule has 0 fully saturated rings. The van der Waals surface area contributed by atoms with Crippen molar-refractivity contribution in [2.75, 3.05) is 13.7 Å². The second-order valence-corrected chi connectivity index (χ2v) is 7.07. The third-order valence-corrected chi connectivity index (χ3v) is 5.02. The van der Waals surface area contributed by atoms with Gasteiger partial charge >= 0.3 is 5.97 Å². The Labute approximate surface area is 184 Å². The number of hydrogen-bond acceptors (Lipinski definition) is 6. The molecular formula is C23H20ClN3O4. The van der Waals surface area contributed by atoms with Crippen molar-refractivity contribution in [3.8, 4) is 17.4 Å². The maximum absolute atomic E-state index is 12.5. The van der Waals surface area contributed by atoms with Crippen LogP contribution in [0, 0.1) is 0 Å². The molecule has 0 spiro atoms. The Morgan fingerprint density at radius 3 is 2.48 bits per heavy atom. The molecule has 31 heavy (non-hydrogen) atoms. The molecule has 0 aliphatic rings. The lowest BCUT2D eigenvalue weighted by Gasteiger charge is -2.12. The van der Waals surface area contributed by atoms with Gasteiger partial charge in [0, 0.05) is 15.8 Å². The van der Waals surface area contributed by atoms with Crippen molar-refractivity contribution in [1.29, 1.82) is 0 Å². The van der Waals surface area contributed by atoms with E-state index in [9.17, 15) is 4.79 Å². The van der Waals surface area contributed by atoms with E-state index in [0.717, 1.165) is 22.1 Å². The first-order valence-electron chi connectivity index (χ1n) is 9.69. The summed E-state index contributed by atoms with van der Waals surface area (Å²) in [5, 5.41) is 10.4. The van der Waals surface area contributed by atoms with Crippen LogP contribution in [0.3, 0.4) is 0 Å². The van der Waals surface area contributed by atoms with Gasteiger partial charge in [-0.05, 0) is 36.8 Å². The number of methoxy groups -OCH3 is 1. The van der Waals surface area contributed by atoms with Gasteiger partial charge in [-0.1, -0.05) is 53.2 Å². The minimum Gasteiger partial charge on any atom is -0.497 e. The fourth-order valence-corrected chi connectivity index (χ4v) is 3.40. The van der Waals surface area contributed by atoms with Crippen LogP contribution in [0.2, 0.25) is 5.02 Å². The van der Waals surface area contributed by atoms with Crippen LogP contribution in [-0.4, -0.2) is 34.7 Å². The normalized spacial score (nSPS) is 10.8. The molecule has 0 radical (unpaired) electrons. The molecule has 158 valence electrons. The molecule has 1 heterocycles. The lowest BCUT2D eigenvalue weighted by molar-refractivity contribution is 0.0516. The summed E-state index contributed by atoms with van der Waals surface area (Å²) in [6.07, 6.45) is 0. The van der Waals surface area contributed by atoms with Gasteiger partial charge in [0.2, 0.25) is 5.69 Å². The topological polar surface area (TPSA) is 75.5 Å². The molecule has 8 heteroatoms. The molecule has 1 aromatic heterocycles. The number of carbonyl (C=O) groups excluding carboxylic acids is 1. The molecule has 0 aliphatic carbocycles. The lowest BCUT2D eigenvalue weighted by atomic mass is 10.1. The summed E-state index contributed by atoms with van der Waals surface area (Å²) >= 11 is 6.33. The van der Waals surface area contributed by atoms with Crippen molar-refractivity contribution >= 4 is 28.3 Å². The second-order valence-electron chi connectivity index (χ2n) is 6.66. The van der Waals surface area contributed by atoms with E-state index in [4.69, 9.17) is 25.8 Å². The minimum absolute atomic E-state index is 0.00870. The number of aromatic nitrogens is 3. The highest BCUT2D eigenvalue weighted by atomic mass is 35.5. The highest BCUT2D eigenvalue weighted by molar-refractivity contribution is 6.35. The standard InChI is InChI=1S/C23H20ClN3O4/c1-3-30-23(28)21-22(27(26-25-21)14-15-8-10-16(29-2)11-9-15)31-20-13-12-19(24)17-6-4-5-7-18(17)20/h4-13H,3,14H2,1-2H3. The Morgan fingerprint density at radius 2 is 1.77 bits per heavy atom. The van der Waals surface area contributed by atoms with E-state index < -0.39 is 5.97 Å². The number of hydrogen-bond donors (Lipinski definition) is 0. The monoisotopic (exact) mass is 437 g/mol. The molecule has 0 saturated heterocycles. The van der Waals surface area contributed by atoms with Crippen molar-refractivity contribution in [2.24, 2.45) is 0 Å². The fourth-order valence-electron chi connectivity index (χ4n) is 3.17. The predicted octanol–water partition coefficient (Wildman–Crippen LogP) is 5.11. The Balaban J connectivity index is 1.75. The van der Waals surface area contributed by atoms with Gasteiger partial charge in [0.25, 0.3) is 5.88 Å². The van der Waals surface area contributed by atoms with Crippen molar-refractivity contribution in [3.63, 3.8) is 0 Å². The third kappa shape index (κ3) is 4.32.